The fourth-order valence-electron chi connectivity index (χ4n) is 2.80. The Morgan fingerprint density at radius 3 is 2.62 bits per heavy atom. The lowest BCUT2D eigenvalue weighted by atomic mass is 9.76. The average Bonchev–Trinajstić information content (AvgIpc) is 2.47. The molecule has 0 bridgehead atoms. The van der Waals surface area contributed by atoms with E-state index in [4.69, 9.17) is 0 Å². The second-order valence-electron chi connectivity index (χ2n) is 5.62. The van der Waals surface area contributed by atoms with Crippen molar-refractivity contribution in [3.05, 3.63) is 35.4 Å². The highest BCUT2D eigenvalue weighted by atomic mass is 19.1. The van der Waals surface area contributed by atoms with Crippen LogP contribution in [0.5, 0.6) is 0 Å². The molecule has 1 aromatic rings. The molecule has 1 fully saturated rings. The smallest absolute Gasteiger partial charge is 0.255 e. The summed E-state index contributed by atoms with van der Waals surface area (Å²) >= 11 is 0. The average molecular weight is 292 g/mol. The van der Waals surface area contributed by atoms with Gasteiger partial charge in [0, 0.05) is 6.07 Å². The summed E-state index contributed by atoms with van der Waals surface area (Å²) in [7, 11) is 0. The molecule has 112 valence electrons. The van der Waals surface area contributed by atoms with Crippen LogP contribution < -0.4 is 5.32 Å². The number of nitrogens with one attached hydrogen (secondary N) is 1. The summed E-state index contributed by atoms with van der Waals surface area (Å²) in [5.74, 6) is -1.74. The monoisotopic (exact) mass is 292 g/mol. The van der Waals surface area contributed by atoms with E-state index in [0.29, 0.717) is 24.8 Å². The molecule has 1 N–H and O–H groups in total. The van der Waals surface area contributed by atoms with Crippen molar-refractivity contribution in [3.8, 4) is 6.07 Å². The highest BCUT2D eigenvalue weighted by Crippen LogP contribution is 2.33. The highest BCUT2D eigenvalue weighted by molar-refractivity contribution is 5.95. The second kappa shape index (κ2) is 6.21. The maximum Gasteiger partial charge on any atom is 0.255 e. The molecule has 0 heterocycles. The number of nitriles is 1. The largest absolute Gasteiger partial charge is 0.334 e. The van der Waals surface area contributed by atoms with Crippen LogP contribution in [0.1, 0.15) is 49.4 Å². The number of amides is 1. The maximum absolute atomic E-state index is 13.6. The molecule has 0 unspecified atom stereocenters. The first-order valence-electron chi connectivity index (χ1n) is 7.18. The number of hydrogen-bond donors (Lipinski definition) is 1. The van der Waals surface area contributed by atoms with E-state index in [0.717, 1.165) is 31.4 Å². The predicted octanol–water partition coefficient (Wildman–Crippen LogP) is 3.56. The third-order valence-corrected chi connectivity index (χ3v) is 4.28. The number of hydrogen-bond acceptors (Lipinski definition) is 2. The van der Waals surface area contributed by atoms with Crippen LogP contribution in [0.25, 0.3) is 0 Å². The molecule has 2 rings (SSSR count). The van der Waals surface area contributed by atoms with Crippen LogP contribution in [0, 0.1) is 28.9 Å². The van der Waals surface area contributed by atoms with Gasteiger partial charge in [-0.25, -0.2) is 8.78 Å². The quantitative estimate of drug-likeness (QED) is 0.926. The summed E-state index contributed by atoms with van der Waals surface area (Å²) in [6, 6.07) is 4.97. The fraction of sp³-hybridized carbons (Fsp3) is 0.500. The zero-order chi connectivity index (χ0) is 15.5. The van der Waals surface area contributed by atoms with Gasteiger partial charge < -0.3 is 5.32 Å². The van der Waals surface area contributed by atoms with E-state index in [1.165, 1.54) is 0 Å². The molecule has 1 amide bonds. The van der Waals surface area contributed by atoms with E-state index in [1.807, 2.05) is 0 Å². The Kier molecular flexibility index (Phi) is 4.56. The number of carbonyl (C=O) groups is 1. The van der Waals surface area contributed by atoms with Gasteiger partial charge in [0.05, 0.1) is 11.6 Å². The number of halogens is 2. The molecule has 5 heteroatoms. The summed E-state index contributed by atoms with van der Waals surface area (Å²) in [6.45, 7) is 2.11. The van der Waals surface area contributed by atoms with Gasteiger partial charge in [0.15, 0.2) is 0 Å². The Balaban J connectivity index is 2.12. The van der Waals surface area contributed by atoms with Crippen molar-refractivity contribution in [3.63, 3.8) is 0 Å². The standard InChI is InChI=1S/C16H18F2N2O/c1-2-11-5-7-16(10-19,8-6-11)20-15(21)13-4-3-12(17)9-14(13)18/h3-4,9,11H,2,5-8H2,1H3,(H,20,21). The second-order valence-corrected chi connectivity index (χ2v) is 5.62. The van der Waals surface area contributed by atoms with E-state index in [9.17, 15) is 18.8 Å². The van der Waals surface area contributed by atoms with Gasteiger partial charge in [0.1, 0.15) is 17.2 Å². The summed E-state index contributed by atoms with van der Waals surface area (Å²) in [6.07, 6.45) is 3.93. The number of rotatable bonds is 3. The number of benzene rings is 1. The number of nitrogens with zero attached hydrogens (tertiary/aromatic N) is 1. The minimum Gasteiger partial charge on any atom is -0.334 e. The van der Waals surface area contributed by atoms with Crippen molar-refractivity contribution >= 4 is 5.91 Å². The molecule has 0 atom stereocenters. The van der Waals surface area contributed by atoms with E-state index in [2.05, 4.69) is 18.3 Å². The zero-order valence-electron chi connectivity index (χ0n) is 12.0. The van der Waals surface area contributed by atoms with Crippen molar-refractivity contribution in [2.75, 3.05) is 0 Å². The predicted molar refractivity (Wildman–Crippen MR) is 74.4 cm³/mol. The Bertz CT molecular complexity index is 572. The first-order chi connectivity index (χ1) is 9.99. The lowest BCUT2D eigenvalue weighted by Gasteiger charge is -2.35. The van der Waals surface area contributed by atoms with Gasteiger partial charge in [-0.05, 0) is 43.7 Å². The SMILES string of the molecule is CCC1CCC(C#N)(NC(=O)c2ccc(F)cc2F)CC1. The Morgan fingerprint density at radius 2 is 2.10 bits per heavy atom. The lowest BCUT2D eigenvalue weighted by molar-refractivity contribution is 0.0887. The first kappa shape index (κ1) is 15.4. The molecule has 1 aliphatic rings. The van der Waals surface area contributed by atoms with Crippen molar-refractivity contribution < 1.29 is 13.6 Å². The molecule has 0 aliphatic heterocycles. The van der Waals surface area contributed by atoms with Crippen molar-refractivity contribution in [1.29, 1.82) is 5.26 Å². The Hall–Kier alpha value is -1.96. The molecule has 1 saturated carbocycles. The lowest BCUT2D eigenvalue weighted by Crippen LogP contribution is -2.49. The molecule has 3 nitrogen and oxygen atoms in total. The molecule has 0 spiro atoms. The van der Waals surface area contributed by atoms with Crippen LogP contribution in [-0.2, 0) is 0 Å². The third kappa shape index (κ3) is 3.38. The van der Waals surface area contributed by atoms with Gasteiger partial charge in [0.25, 0.3) is 5.91 Å². The van der Waals surface area contributed by atoms with Crippen molar-refractivity contribution in [2.24, 2.45) is 5.92 Å². The molecular weight excluding hydrogens is 274 g/mol. The molecule has 21 heavy (non-hydrogen) atoms. The van der Waals surface area contributed by atoms with Crippen molar-refractivity contribution in [2.45, 2.75) is 44.6 Å². The highest BCUT2D eigenvalue weighted by Gasteiger charge is 2.37. The van der Waals surface area contributed by atoms with E-state index in [-0.39, 0.29) is 5.56 Å². The molecule has 1 aliphatic carbocycles. The minimum absolute atomic E-state index is 0.233. The fourth-order valence-corrected chi connectivity index (χ4v) is 2.80. The van der Waals surface area contributed by atoms with Crippen molar-refractivity contribution in [1.82, 2.24) is 5.32 Å². The molecule has 0 saturated heterocycles. The Morgan fingerprint density at radius 1 is 1.43 bits per heavy atom. The van der Waals surface area contributed by atoms with Gasteiger partial charge >= 0.3 is 0 Å². The molecule has 1 aromatic carbocycles. The molecular formula is C16H18F2N2O. The summed E-state index contributed by atoms with van der Waals surface area (Å²) in [4.78, 5) is 12.1. The maximum atomic E-state index is 13.6. The van der Waals surface area contributed by atoms with Gasteiger partial charge in [-0.15, -0.1) is 0 Å². The van der Waals surface area contributed by atoms with E-state index >= 15 is 0 Å². The summed E-state index contributed by atoms with van der Waals surface area (Å²) in [5.41, 5.74) is -1.17. The van der Waals surface area contributed by atoms with Gasteiger partial charge in [-0.1, -0.05) is 13.3 Å². The van der Waals surface area contributed by atoms with Crippen LogP contribution in [-0.4, -0.2) is 11.4 Å². The third-order valence-electron chi connectivity index (χ3n) is 4.28. The van der Waals surface area contributed by atoms with Crippen LogP contribution in [0.3, 0.4) is 0 Å². The Labute approximate surface area is 123 Å². The molecule has 0 aromatic heterocycles. The normalized spacial score (nSPS) is 25.1. The zero-order valence-corrected chi connectivity index (χ0v) is 12.0. The first-order valence-corrected chi connectivity index (χ1v) is 7.18. The van der Waals surface area contributed by atoms with E-state index < -0.39 is 23.1 Å². The van der Waals surface area contributed by atoms with Gasteiger partial charge in [0.2, 0.25) is 0 Å². The minimum atomic E-state index is -0.941. The number of carbonyl (C=O) groups excluding carboxylic acids is 1. The van der Waals surface area contributed by atoms with Crippen LogP contribution in [0.15, 0.2) is 18.2 Å². The van der Waals surface area contributed by atoms with Gasteiger partial charge in [-0.3, -0.25) is 4.79 Å². The van der Waals surface area contributed by atoms with Crippen LogP contribution in [0.2, 0.25) is 0 Å². The topological polar surface area (TPSA) is 52.9 Å². The van der Waals surface area contributed by atoms with Crippen LogP contribution in [0.4, 0.5) is 8.78 Å². The van der Waals surface area contributed by atoms with Crippen LogP contribution >= 0.6 is 0 Å². The van der Waals surface area contributed by atoms with Gasteiger partial charge in [-0.2, -0.15) is 5.26 Å². The summed E-state index contributed by atoms with van der Waals surface area (Å²) in [5, 5.41) is 12.0. The van der Waals surface area contributed by atoms with E-state index in [1.54, 1.807) is 0 Å². The summed E-state index contributed by atoms with van der Waals surface area (Å²) < 4.78 is 26.5. The molecule has 0 radical (unpaired) electrons.